The molecule has 0 saturated heterocycles. The second kappa shape index (κ2) is 6.92. The molecule has 0 aliphatic carbocycles. The quantitative estimate of drug-likeness (QED) is 0.632. The minimum atomic E-state index is -0.0539. The molecule has 1 aromatic heterocycles. The number of carbonyl (C=O) groups is 1. The van der Waals surface area contributed by atoms with Gasteiger partial charge in [0, 0.05) is 36.7 Å². The van der Waals surface area contributed by atoms with Crippen LogP contribution in [-0.2, 0) is 6.54 Å². The summed E-state index contributed by atoms with van der Waals surface area (Å²) in [6.07, 6.45) is 7.45. The van der Waals surface area contributed by atoms with Crippen LogP contribution < -0.4 is 11.1 Å². The fourth-order valence-electron chi connectivity index (χ4n) is 2.25. The number of benzene rings is 1. The van der Waals surface area contributed by atoms with Crippen molar-refractivity contribution in [3.05, 3.63) is 47.5 Å². The summed E-state index contributed by atoms with van der Waals surface area (Å²) in [6.45, 7) is 5.47. The molecule has 0 spiro atoms. The molecule has 0 unspecified atom stereocenters. The lowest BCUT2D eigenvalue weighted by molar-refractivity contribution is 0.0952. The highest BCUT2D eigenvalue weighted by molar-refractivity contribution is 5.96. The van der Waals surface area contributed by atoms with Crippen molar-refractivity contribution in [1.82, 2.24) is 14.9 Å². The second-order valence-electron chi connectivity index (χ2n) is 5.29. The number of hydrogen-bond donors (Lipinski definition) is 2. The number of aryl methyl sites for hydroxylation is 3. The molecule has 0 saturated carbocycles. The highest BCUT2D eigenvalue weighted by atomic mass is 16.1. The molecule has 2 aromatic rings. The van der Waals surface area contributed by atoms with Crippen molar-refractivity contribution in [2.24, 2.45) is 0 Å². The molecule has 0 bridgehead atoms. The van der Waals surface area contributed by atoms with E-state index < -0.39 is 0 Å². The zero-order valence-electron chi connectivity index (χ0n) is 12.6. The molecule has 1 aromatic carbocycles. The Morgan fingerprint density at radius 2 is 2.10 bits per heavy atom. The van der Waals surface area contributed by atoms with Crippen molar-refractivity contribution in [3.8, 4) is 0 Å². The minimum Gasteiger partial charge on any atom is -0.398 e. The van der Waals surface area contributed by atoms with E-state index in [1.165, 1.54) is 0 Å². The van der Waals surface area contributed by atoms with Crippen LogP contribution in [0.3, 0.4) is 0 Å². The summed E-state index contributed by atoms with van der Waals surface area (Å²) >= 11 is 0. The van der Waals surface area contributed by atoms with E-state index in [0.29, 0.717) is 17.8 Å². The van der Waals surface area contributed by atoms with Crippen LogP contribution in [0.4, 0.5) is 5.69 Å². The summed E-state index contributed by atoms with van der Waals surface area (Å²) in [4.78, 5) is 16.1. The number of nitrogens with one attached hydrogen (secondary N) is 1. The summed E-state index contributed by atoms with van der Waals surface area (Å²) in [6, 6.07) is 3.70. The number of nitrogens with two attached hydrogens (primary N) is 1. The largest absolute Gasteiger partial charge is 0.398 e. The van der Waals surface area contributed by atoms with Crippen molar-refractivity contribution in [3.63, 3.8) is 0 Å². The first-order chi connectivity index (χ1) is 10.1. The van der Waals surface area contributed by atoms with E-state index in [9.17, 15) is 4.79 Å². The molecule has 0 fully saturated rings. The molecule has 0 aliphatic heterocycles. The predicted octanol–water partition coefficient (Wildman–Crippen LogP) is 2.29. The first-order valence-corrected chi connectivity index (χ1v) is 7.18. The Balaban J connectivity index is 1.78. The molecule has 5 heteroatoms. The fraction of sp³-hybridized carbons (Fsp3) is 0.375. The van der Waals surface area contributed by atoms with Gasteiger partial charge in [-0.3, -0.25) is 4.79 Å². The standard InChI is InChI=1S/C16H22N4O/c1-12-9-13(2)15(17)10-14(12)16(21)19-5-3-4-7-20-8-6-18-11-20/h6,8-11H,3-5,7,17H2,1-2H3,(H,19,21). The second-order valence-corrected chi connectivity index (χ2v) is 5.29. The maximum Gasteiger partial charge on any atom is 0.251 e. The Labute approximate surface area is 125 Å². The van der Waals surface area contributed by atoms with Gasteiger partial charge >= 0.3 is 0 Å². The van der Waals surface area contributed by atoms with Crippen LogP contribution in [0.25, 0.3) is 0 Å². The summed E-state index contributed by atoms with van der Waals surface area (Å²) < 4.78 is 2.03. The van der Waals surface area contributed by atoms with Crippen molar-refractivity contribution >= 4 is 11.6 Å². The third-order valence-corrected chi connectivity index (χ3v) is 3.55. The summed E-state index contributed by atoms with van der Waals surface area (Å²) in [5.41, 5.74) is 9.15. The van der Waals surface area contributed by atoms with E-state index in [2.05, 4.69) is 10.3 Å². The molecule has 0 atom stereocenters. The van der Waals surface area contributed by atoms with Crippen molar-refractivity contribution < 1.29 is 4.79 Å². The number of anilines is 1. The number of carbonyl (C=O) groups excluding carboxylic acids is 1. The first kappa shape index (κ1) is 15.1. The fourth-order valence-corrected chi connectivity index (χ4v) is 2.25. The minimum absolute atomic E-state index is 0.0539. The predicted molar refractivity (Wildman–Crippen MR) is 84.1 cm³/mol. The van der Waals surface area contributed by atoms with Gasteiger partial charge in [0.15, 0.2) is 0 Å². The number of rotatable bonds is 6. The number of nitrogens with zero attached hydrogens (tertiary/aromatic N) is 2. The third kappa shape index (κ3) is 4.08. The Morgan fingerprint density at radius 1 is 1.29 bits per heavy atom. The van der Waals surface area contributed by atoms with Gasteiger partial charge in [-0.05, 0) is 43.9 Å². The van der Waals surface area contributed by atoms with E-state index in [4.69, 9.17) is 5.73 Å². The van der Waals surface area contributed by atoms with E-state index >= 15 is 0 Å². The highest BCUT2D eigenvalue weighted by Crippen LogP contribution is 2.17. The molecule has 1 heterocycles. The Hall–Kier alpha value is -2.30. The van der Waals surface area contributed by atoms with Gasteiger partial charge in [-0.2, -0.15) is 0 Å². The number of aromatic nitrogens is 2. The van der Waals surface area contributed by atoms with Crippen LogP contribution in [0.15, 0.2) is 30.9 Å². The molecule has 3 N–H and O–H groups in total. The van der Waals surface area contributed by atoms with Gasteiger partial charge in [0.25, 0.3) is 5.91 Å². The maximum atomic E-state index is 12.1. The molecule has 112 valence electrons. The van der Waals surface area contributed by atoms with Gasteiger partial charge in [-0.25, -0.2) is 4.98 Å². The normalized spacial score (nSPS) is 10.6. The van der Waals surface area contributed by atoms with Gasteiger partial charge in [0.1, 0.15) is 0 Å². The van der Waals surface area contributed by atoms with E-state index in [-0.39, 0.29) is 5.91 Å². The SMILES string of the molecule is Cc1cc(C)c(C(=O)NCCCCn2ccnc2)cc1N. The molecular formula is C16H22N4O. The Bertz CT molecular complexity index is 605. The number of amides is 1. The molecule has 0 aliphatic rings. The molecule has 21 heavy (non-hydrogen) atoms. The highest BCUT2D eigenvalue weighted by Gasteiger charge is 2.10. The lowest BCUT2D eigenvalue weighted by Gasteiger charge is -2.10. The van der Waals surface area contributed by atoms with Gasteiger partial charge in [0.2, 0.25) is 0 Å². The summed E-state index contributed by atoms with van der Waals surface area (Å²) in [5.74, 6) is -0.0539. The van der Waals surface area contributed by atoms with Gasteiger partial charge in [0.05, 0.1) is 6.33 Å². The Morgan fingerprint density at radius 3 is 2.81 bits per heavy atom. The molecular weight excluding hydrogens is 264 g/mol. The number of hydrogen-bond acceptors (Lipinski definition) is 3. The molecule has 1 amide bonds. The van der Waals surface area contributed by atoms with Crippen molar-refractivity contribution in [2.75, 3.05) is 12.3 Å². The molecule has 0 radical (unpaired) electrons. The number of unbranched alkanes of at least 4 members (excludes halogenated alkanes) is 1. The van der Waals surface area contributed by atoms with Gasteiger partial charge in [-0.15, -0.1) is 0 Å². The molecule has 2 rings (SSSR count). The van der Waals surface area contributed by atoms with Gasteiger partial charge in [-0.1, -0.05) is 6.07 Å². The average Bonchev–Trinajstić information content (AvgIpc) is 2.95. The number of imidazole rings is 1. The van der Waals surface area contributed by atoms with Crippen LogP contribution in [0, 0.1) is 13.8 Å². The summed E-state index contributed by atoms with van der Waals surface area (Å²) in [5, 5.41) is 2.95. The average molecular weight is 286 g/mol. The van der Waals surface area contributed by atoms with Gasteiger partial charge < -0.3 is 15.6 Å². The Kier molecular flexibility index (Phi) is 4.98. The van der Waals surface area contributed by atoms with Crippen LogP contribution >= 0.6 is 0 Å². The number of nitrogen functional groups attached to an aromatic ring is 1. The molecule has 5 nitrogen and oxygen atoms in total. The van der Waals surface area contributed by atoms with E-state index in [1.54, 1.807) is 18.6 Å². The zero-order chi connectivity index (χ0) is 15.2. The van der Waals surface area contributed by atoms with Crippen LogP contribution in [-0.4, -0.2) is 22.0 Å². The zero-order valence-corrected chi connectivity index (χ0v) is 12.6. The topological polar surface area (TPSA) is 72.9 Å². The van der Waals surface area contributed by atoms with Crippen LogP contribution in [0.2, 0.25) is 0 Å². The van der Waals surface area contributed by atoms with E-state index in [0.717, 1.165) is 30.5 Å². The summed E-state index contributed by atoms with van der Waals surface area (Å²) in [7, 11) is 0. The van der Waals surface area contributed by atoms with Crippen LogP contribution in [0.1, 0.15) is 34.3 Å². The lowest BCUT2D eigenvalue weighted by atomic mass is 10.0. The first-order valence-electron chi connectivity index (χ1n) is 7.18. The lowest BCUT2D eigenvalue weighted by Crippen LogP contribution is -2.25. The van der Waals surface area contributed by atoms with Crippen molar-refractivity contribution in [1.29, 1.82) is 0 Å². The monoisotopic (exact) mass is 286 g/mol. The van der Waals surface area contributed by atoms with Crippen molar-refractivity contribution in [2.45, 2.75) is 33.2 Å². The van der Waals surface area contributed by atoms with Crippen LogP contribution in [0.5, 0.6) is 0 Å². The third-order valence-electron chi connectivity index (χ3n) is 3.55. The van der Waals surface area contributed by atoms with E-state index in [1.807, 2.05) is 30.7 Å². The smallest absolute Gasteiger partial charge is 0.251 e. The maximum absolute atomic E-state index is 12.1.